The van der Waals surface area contributed by atoms with E-state index in [4.69, 9.17) is 9.47 Å². The Morgan fingerprint density at radius 1 is 0.809 bits per heavy atom. The molecule has 0 fully saturated rings. The third kappa shape index (κ3) is 9.59. The van der Waals surface area contributed by atoms with E-state index in [0.29, 0.717) is 23.8 Å². The van der Waals surface area contributed by atoms with Crippen molar-refractivity contribution in [3.63, 3.8) is 0 Å². The lowest BCUT2D eigenvalue weighted by molar-refractivity contribution is -0.140. The van der Waals surface area contributed by atoms with E-state index < -0.39 is 34.1 Å². The molecule has 2 amide bonds. The summed E-state index contributed by atoms with van der Waals surface area (Å²) in [6, 6.07) is 30.3. The summed E-state index contributed by atoms with van der Waals surface area (Å²) in [6.45, 7) is 7.40. The normalized spacial score (nSPS) is 12.1. The van der Waals surface area contributed by atoms with Crippen molar-refractivity contribution in [1.29, 1.82) is 0 Å². The minimum Gasteiger partial charge on any atom is -0.497 e. The molecule has 0 radical (unpaired) electrons. The molecule has 0 bridgehead atoms. The lowest BCUT2D eigenvalue weighted by atomic mass is 10.0. The zero-order valence-corrected chi connectivity index (χ0v) is 28.4. The number of methoxy groups -OCH3 is 1. The van der Waals surface area contributed by atoms with Crippen LogP contribution in [0.5, 0.6) is 11.5 Å². The van der Waals surface area contributed by atoms with Crippen LogP contribution in [-0.4, -0.2) is 57.0 Å². The van der Waals surface area contributed by atoms with Gasteiger partial charge >= 0.3 is 0 Å². The van der Waals surface area contributed by atoms with Crippen LogP contribution in [0.3, 0.4) is 0 Å². The first-order valence-corrected chi connectivity index (χ1v) is 16.9. The van der Waals surface area contributed by atoms with E-state index in [1.54, 1.807) is 61.7 Å². The Balaban J connectivity index is 1.80. The largest absolute Gasteiger partial charge is 0.497 e. The zero-order valence-electron chi connectivity index (χ0n) is 27.6. The molecule has 1 atom stereocenters. The third-order valence-electron chi connectivity index (χ3n) is 7.30. The molecule has 4 aromatic carbocycles. The van der Waals surface area contributed by atoms with Crippen molar-refractivity contribution in [2.75, 3.05) is 24.6 Å². The summed E-state index contributed by atoms with van der Waals surface area (Å²) >= 11 is 0. The minimum absolute atomic E-state index is 0.00302. The first kappa shape index (κ1) is 35.0. The molecular formula is C37H43N3O6S. The Kier molecular flexibility index (Phi) is 11.7. The number of rotatable bonds is 14. The Labute approximate surface area is 278 Å². The molecule has 4 aromatic rings. The van der Waals surface area contributed by atoms with Crippen LogP contribution in [0.25, 0.3) is 0 Å². The number of anilines is 1. The van der Waals surface area contributed by atoms with Gasteiger partial charge in [0.15, 0.2) is 0 Å². The minimum atomic E-state index is -4.22. The van der Waals surface area contributed by atoms with Gasteiger partial charge in [-0.05, 0) is 87.4 Å². The van der Waals surface area contributed by atoms with Gasteiger partial charge in [0.1, 0.15) is 24.1 Å². The molecule has 0 unspecified atom stereocenters. The van der Waals surface area contributed by atoms with E-state index in [0.717, 1.165) is 15.4 Å². The molecule has 0 aliphatic rings. The van der Waals surface area contributed by atoms with E-state index in [1.165, 1.54) is 17.0 Å². The van der Waals surface area contributed by atoms with Crippen LogP contribution < -0.4 is 19.1 Å². The molecule has 0 aliphatic carbocycles. The molecule has 0 heterocycles. The second kappa shape index (κ2) is 15.6. The maximum atomic E-state index is 14.6. The van der Waals surface area contributed by atoms with E-state index in [9.17, 15) is 18.0 Å². The standard InChI is InChI=1S/C37H43N3O6S/c1-6-46-31-20-22-33(23-21-31)47(43,44)40(30-17-11-8-12-18-30)27-35(41)39(26-29-16-13-19-32(24-29)45-5)34(36(42)38-37(2,3)4)25-28-14-9-7-10-15-28/h7-24,34H,6,25-27H2,1-5H3,(H,38,42)/t34-/m0/s1. The molecule has 0 saturated heterocycles. The predicted octanol–water partition coefficient (Wildman–Crippen LogP) is 5.84. The topological polar surface area (TPSA) is 105 Å². The molecule has 0 aliphatic heterocycles. The smallest absolute Gasteiger partial charge is 0.264 e. The van der Waals surface area contributed by atoms with Gasteiger partial charge in [-0.3, -0.25) is 13.9 Å². The highest BCUT2D eigenvalue weighted by Gasteiger charge is 2.35. The molecule has 248 valence electrons. The van der Waals surface area contributed by atoms with Gasteiger partial charge < -0.3 is 19.7 Å². The summed E-state index contributed by atoms with van der Waals surface area (Å²) < 4.78 is 40.4. The Bertz CT molecular complexity index is 1720. The average molecular weight is 658 g/mol. The number of nitrogens with zero attached hydrogens (tertiary/aromatic N) is 2. The number of para-hydroxylation sites is 1. The fraction of sp³-hybridized carbons (Fsp3) is 0.297. The molecular weight excluding hydrogens is 614 g/mol. The molecule has 9 nitrogen and oxygen atoms in total. The predicted molar refractivity (Wildman–Crippen MR) is 184 cm³/mol. The third-order valence-corrected chi connectivity index (χ3v) is 9.09. The van der Waals surface area contributed by atoms with Crippen molar-refractivity contribution in [2.24, 2.45) is 0 Å². The van der Waals surface area contributed by atoms with Gasteiger partial charge in [-0.15, -0.1) is 0 Å². The molecule has 4 rings (SSSR count). The van der Waals surface area contributed by atoms with Crippen LogP contribution in [0.15, 0.2) is 114 Å². The van der Waals surface area contributed by atoms with Crippen LogP contribution in [-0.2, 0) is 32.6 Å². The number of carbonyl (C=O) groups excluding carboxylic acids is 2. The summed E-state index contributed by atoms with van der Waals surface area (Å²) in [5.41, 5.74) is 1.31. The SMILES string of the molecule is CCOc1ccc(S(=O)(=O)N(CC(=O)N(Cc2cccc(OC)c2)[C@@H](Cc2ccccc2)C(=O)NC(C)(C)C)c2ccccc2)cc1. The number of hydrogen-bond acceptors (Lipinski definition) is 6. The maximum absolute atomic E-state index is 14.6. The fourth-order valence-electron chi connectivity index (χ4n) is 5.10. The van der Waals surface area contributed by atoms with E-state index in [-0.39, 0.29) is 23.8 Å². The number of carbonyl (C=O) groups is 2. The van der Waals surface area contributed by atoms with Gasteiger partial charge in [0.2, 0.25) is 11.8 Å². The zero-order chi connectivity index (χ0) is 34.0. The van der Waals surface area contributed by atoms with Crippen LogP contribution >= 0.6 is 0 Å². The number of sulfonamides is 1. The van der Waals surface area contributed by atoms with Crippen molar-refractivity contribution >= 4 is 27.5 Å². The van der Waals surface area contributed by atoms with E-state index in [1.807, 2.05) is 70.2 Å². The number of benzene rings is 4. The molecule has 10 heteroatoms. The van der Waals surface area contributed by atoms with Gasteiger partial charge in [0.25, 0.3) is 10.0 Å². The number of ether oxygens (including phenoxy) is 2. The lowest BCUT2D eigenvalue weighted by Gasteiger charge is -2.35. The molecule has 0 saturated carbocycles. The van der Waals surface area contributed by atoms with Gasteiger partial charge in [0, 0.05) is 18.5 Å². The molecule has 0 aromatic heterocycles. The van der Waals surface area contributed by atoms with Crippen molar-refractivity contribution < 1.29 is 27.5 Å². The fourth-order valence-corrected chi connectivity index (χ4v) is 6.51. The highest BCUT2D eigenvalue weighted by molar-refractivity contribution is 7.92. The Morgan fingerprint density at radius 3 is 2.02 bits per heavy atom. The van der Waals surface area contributed by atoms with Gasteiger partial charge in [-0.1, -0.05) is 60.7 Å². The van der Waals surface area contributed by atoms with Crippen molar-refractivity contribution in [3.8, 4) is 11.5 Å². The summed E-state index contributed by atoms with van der Waals surface area (Å²) in [7, 11) is -2.67. The first-order chi connectivity index (χ1) is 22.4. The quantitative estimate of drug-likeness (QED) is 0.183. The average Bonchev–Trinajstić information content (AvgIpc) is 3.05. The monoisotopic (exact) mass is 657 g/mol. The molecule has 0 spiro atoms. The molecule has 1 N–H and O–H groups in total. The first-order valence-electron chi connectivity index (χ1n) is 15.5. The summed E-state index contributed by atoms with van der Waals surface area (Å²) in [6.07, 6.45) is 0.218. The van der Waals surface area contributed by atoms with Gasteiger partial charge in [0.05, 0.1) is 24.3 Å². The summed E-state index contributed by atoms with van der Waals surface area (Å²) in [5.74, 6) is 0.235. The molecule has 47 heavy (non-hydrogen) atoms. The Hall–Kier alpha value is -4.83. The summed E-state index contributed by atoms with van der Waals surface area (Å²) in [5, 5.41) is 3.04. The van der Waals surface area contributed by atoms with Crippen molar-refractivity contribution in [2.45, 2.75) is 57.1 Å². The van der Waals surface area contributed by atoms with Crippen molar-refractivity contribution in [3.05, 3.63) is 120 Å². The lowest BCUT2D eigenvalue weighted by Crippen LogP contribution is -2.56. The van der Waals surface area contributed by atoms with Gasteiger partial charge in [-0.25, -0.2) is 8.42 Å². The maximum Gasteiger partial charge on any atom is 0.264 e. The van der Waals surface area contributed by atoms with E-state index in [2.05, 4.69) is 5.32 Å². The number of nitrogens with one attached hydrogen (secondary N) is 1. The van der Waals surface area contributed by atoms with Crippen LogP contribution in [0.1, 0.15) is 38.8 Å². The second-order valence-corrected chi connectivity index (χ2v) is 13.9. The van der Waals surface area contributed by atoms with Crippen LogP contribution in [0.2, 0.25) is 0 Å². The van der Waals surface area contributed by atoms with Crippen LogP contribution in [0, 0.1) is 0 Å². The number of amides is 2. The summed E-state index contributed by atoms with van der Waals surface area (Å²) in [4.78, 5) is 30.1. The highest BCUT2D eigenvalue weighted by Crippen LogP contribution is 2.27. The van der Waals surface area contributed by atoms with E-state index >= 15 is 0 Å². The Morgan fingerprint density at radius 2 is 1.43 bits per heavy atom. The van der Waals surface area contributed by atoms with Gasteiger partial charge in [-0.2, -0.15) is 0 Å². The second-order valence-electron chi connectivity index (χ2n) is 12.1. The van der Waals surface area contributed by atoms with Crippen LogP contribution in [0.4, 0.5) is 5.69 Å². The van der Waals surface area contributed by atoms with Crippen molar-refractivity contribution in [1.82, 2.24) is 10.2 Å². The number of hydrogen-bond donors (Lipinski definition) is 1. The highest BCUT2D eigenvalue weighted by atomic mass is 32.2.